The van der Waals surface area contributed by atoms with Crippen LogP contribution in [0.4, 0.5) is 0 Å². The van der Waals surface area contributed by atoms with E-state index in [1.807, 2.05) is 0 Å². The Morgan fingerprint density at radius 3 is 2.69 bits per heavy atom. The molecule has 0 fully saturated rings. The van der Waals surface area contributed by atoms with E-state index in [0.29, 0.717) is 10.8 Å². The Kier molecular flexibility index (Phi) is 2.86. The Hall–Kier alpha value is -1.14. The lowest BCUT2D eigenvalue weighted by Gasteiger charge is -2.04. The Bertz CT molecular complexity index is 645. The first-order valence-electron chi connectivity index (χ1n) is 4.14. The first-order valence-corrected chi connectivity index (χ1v) is 5.72. The summed E-state index contributed by atoms with van der Waals surface area (Å²) < 4.78 is 5.73. The van der Waals surface area contributed by atoms with Gasteiger partial charge in [-0.05, 0) is 37.9 Å². The van der Waals surface area contributed by atoms with Crippen molar-refractivity contribution in [3.05, 3.63) is 37.1 Å². The van der Waals surface area contributed by atoms with Crippen LogP contribution in [0.25, 0.3) is 11.0 Å². The van der Waals surface area contributed by atoms with Gasteiger partial charge >= 0.3 is 0 Å². The molecule has 0 radical (unpaired) electrons. The maximum Gasteiger partial charge on any atom is 0.204 e. The van der Waals surface area contributed by atoms with Crippen molar-refractivity contribution < 1.29 is 14.3 Å². The van der Waals surface area contributed by atoms with Gasteiger partial charge < -0.3 is 9.52 Å². The van der Waals surface area contributed by atoms with E-state index < -0.39 is 5.43 Å². The largest absolute Gasteiger partial charge is 0.506 e. The number of rotatable bonds is 1. The van der Waals surface area contributed by atoms with Crippen LogP contribution in [0.2, 0.25) is 0 Å². The maximum atomic E-state index is 11.8. The fraction of sp³-hybridized carbons (Fsp3) is 0. The maximum absolute atomic E-state index is 11.8. The van der Waals surface area contributed by atoms with Crippen molar-refractivity contribution in [1.29, 1.82) is 0 Å². The number of hydrogen-bond donors (Lipinski definition) is 1. The van der Waals surface area contributed by atoms with Gasteiger partial charge in [-0.1, -0.05) is 0 Å². The molecule has 0 spiro atoms. The third-order valence-electron chi connectivity index (χ3n) is 2.09. The molecule has 1 aromatic carbocycles. The molecule has 0 aliphatic rings. The van der Waals surface area contributed by atoms with Gasteiger partial charge in [0.05, 0.1) is 19.9 Å². The van der Waals surface area contributed by atoms with Gasteiger partial charge in [-0.3, -0.25) is 9.59 Å². The van der Waals surface area contributed by atoms with Crippen molar-refractivity contribution in [2.24, 2.45) is 0 Å². The lowest BCUT2D eigenvalue weighted by atomic mass is 10.2. The summed E-state index contributed by atoms with van der Waals surface area (Å²) in [6.45, 7) is 0. The quantitative estimate of drug-likeness (QED) is 0.805. The van der Waals surface area contributed by atoms with Crippen molar-refractivity contribution in [1.82, 2.24) is 0 Å². The molecule has 0 saturated heterocycles. The highest BCUT2D eigenvalue weighted by atomic mass is 79.9. The molecule has 2 rings (SSSR count). The Labute approximate surface area is 106 Å². The van der Waals surface area contributed by atoms with Gasteiger partial charge in [-0.2, -0.15) is 0 Å². The first kappa shape index (κ1) is 11.3. The number of halogens is 2. The molecular weight excluding hydrogens is 344 g/mol. The van der Waals surface area contributed by atoms with Crippen molar-refractivity contribution >= 4 is 49.1 Å². The minimum Gasteiger partial charge on any atom is -0.506 e. The zero-order chi connectivity index (χ0) is 11.9. The Morgan fingerprint density at radius 2 is 2.06 bits per heavy atom. The van der Waals surface area contributed by atoms with Crippen LogP contribution in [-0.4, -0.2) is 11.4 Å². The van der Waals surface area contributed by atoms with Crippen molar-refractivity contribution in [3.8, 4) is 5.75 Å². The van der Waals surface area contributed by atoms with E-state index in [0.717, 1.165) is 6.26 Å². The van der Waals surface area contributed by atoms with Crippen LogP contribution in [0.1, 0.15) is 10.4 Å². The molecule has 0 saturated carbocycles. The minimum absolute atomic E-state index is 0.0880. The summed E-state index contributed by atoms with van der Waals surface area (Å²) in [5.74, 6) is -0.108. The summed E-state index contributed by atoms with van der Waals surface area (Å²) in [7, 11) is 0. The molecule has 1 aromatic heterocycles. The number of phenolic OH excluding ortho intramolecular Hbond substituents is 1. The predicted molar refractivity (Wildman–Crippen MR) is 64.9 cm³/mol. The number of fused-ring (bicyclic) bond motifs is 1. The number of hydrogen-bond acceptors (Lipinski definition) is 4. The summed E-state index contributed by atoms with van der Waals surface area (Å²) in [4.78, 5) is 22.4. The molecule has 0 amide bonds. The minimum atomic E-state index is -0.481. The number of carbonyl (C=O) groups is 1. The van der Waals surface area contributed by atoms with E-state index in [2.05, 4.69) is 31.9 Å². The highest BCUT2D eigenvalue weighted by Gasteiger charge is 2.15. The fourth-order valence-corrected chi connectivity index (χ4v) is 2.56. The summed E-state index contributed by atoms with van der Waals surface area (Å²) in [6.07, 6.45) is 1.50. The van der Waals surface area contributed by atoms with E-state index in [1.165, 1.54) is 6.07 Å². The lowest BCUT2D eigenvalue weighted by molar-refractivity contribution is 0.112. The molecule has 4 nitrogen and oxygen atoms in total. The standard InChI is InChI=1S/C10H4Br2O4/c11-5-1-6-7(8(12)10(5)15)9(14)4(2-13)3-16-6/h1-3,15H. The van der Waals surface area contributed by atoms with Gasteiger partial charge in [0.25, 0.3) is 0 Å². The second kappa shape index (κ2) is 4.03. The zero-order valence-corrected chi connectivity index (χ0v) is 10.8. The van der Waals surface area contributed by atoms with Crippen molar-refractivity contribution in [3.63, 3.8) is 0 Å². The number of aldehydes is 1. The van der Waals surface area contributed by atoms with E-state index >= 15 is 0 Å². The molecule has 0 bridgehead atoms. The summed E-state index contributed by atoms with van der Waals surface area (Å²) >= 11 is 6.21. The molecule has 2 aromatic rings. The predicted octanol–water partition coefficient (Wildman–Crippen LogP) is 2.84. The number of benzene rings is 1. The normalized spacial score (nSPS) is 10.6. The SMILES string of the molecule is O=Cc1coc2cc(Br)c(O)c(Br)c2c1=O. The van der Waals surface area contributed by atoms with Crippen LogP contribution >= 0.6 is 31.9 Å². The average Bonchev–Trinajstić information content (AvgIpc) is 2.26. The zero-order valence-electron chi connectivity index (χ0n) is 7.66. The molecule has 0 unspecified atom stereocenters. The van der Waals surface area contributed by atoms with Gasteiger partial charge in [0.1, 0.15) is 17.6 Å². The van der Waals surface area contributed by atoms with Gasteiger partial charge in [-0.25, -0.2) is 0 Å². The van der Waals surface area contributed by atoms with E-state index in [4.69, 9.17) is 4.42 Å². The summed E-state index contributed by atoms with van der Waals surface area (Å²) in [5.41, 5.74) is -0.284. The van der Waals surface area contributed by atoms with E-state index in [-0.39, 0.29) is 26.8 Å². The highest BCUT2D eigenvalue weighted by Crippen LogP contribution is 2.37. The second-order valence-electron chi connectivity index (χ2n) is 3.03. The number of phenols is 1. The summed E-state index contributed by atoms with van der Waals surface area (Å²) in [6, 6.07) is 1.46. The van der Waals surface area contributed by atoms with Crippen LogP contribution in [-0.2, 0) is 0 Å². The van der Waals surface area contributed by atoms with Crippen LogP contribution in [0.5, 0.6) is 5.75 Å². The smallest absolute Gasteiger partial charge is 0.204 e. The first-order chi connectivity index (χ1) is 7.56. The molecule has 0 aliphatic heterocycles. The molecule has 16 heavy (non-hydrogen) atoms. The number of aromatic hydroxyl groups is 1. The van der Waals surface area contributed by atoms with Crippen LogP contribution in [0.3, 0.4) is 0 Å². The Morgan fingerprint density at radius 1 is 1.38 bits per heavy atom. The topological polar surface area (TPSA) is 67.5 Å². The Balaban J connectivity index is 3.04. The lowest BCUT2D eigenvalue weighted by Crippen LogP contribution is -2.08. The third kappa shape index (κ3) is 1.58. The molecule has 0 atom stereocenters. The fourth-order valence-electron chi connectivity index (χ4n) is 1.30. The van der Waals surface area contributed by atoms with E-state index in [1.54, 1.807) is 0 Å². The van der Waals surface area contributed by atoms with E-state index in [9.17, 15) is 14.7 Å². The number of carbonyl (C=O) groups excluding carboxylic acids is 1. The molecule has 1 heterocycles. The molecule has 0 aliphatic carbocycles. The van der Waals surface area contributed by atoms with Crippen LogP contribution in [0, 0.1) is 0 Å². The monoisotopic (exact) mass is 346 g/mol. The molecule has 1 N–H and O–H groups in total. The molecule has 82 valence electrons. The highest BCUT2D eigenvalue weighted by molar-refractivity contribution is 9.11. The van der Waals surface area contributed by atoms with Gasteiger partial charge in [0.15, 0.2) is 6.29 Å². The molecular formula is C10H4Br2O4. The van der Waals surface area contributed by atoms with Gasteiger partial charge in [0, 0.05) is 0 Å². The third-order valence-corrected chi connectivity index (χ3v) is 3.46. The summed E-state index contributed by atoms with van der Waals surface area (Å²) in [5, 5.41) is 9.77. The molecule has 6 heteroatoms. The van der Waals surface area contributed by atoms with Crippen molar-refractivity contribution in [2.75, 3.05) is 0 Å². The van der Waals surface area contributed by atoms with Crippen molar-refractivity contribution in [2.45, 2.75) is 0 Å². The average molecular weight is 348 g/mol. The van der Waals surface area contributed by atoms with Gasteiger partial charge in [0.2, 0.25) is 5.43 Å². The van der Waals surface area contributed by atoms with Crippen LogP contribution < -0.4 is 5.43 Å². The second-order valence-corrected chi connectivity index (χ2v) is 4.68. The van der Waals surface area contributed by atoms with Gasteiger partial charge in [-0.15, -0.1) is 0 Å². The van der Waals surface area contributed by atoms with Crippen LogP contribution in [0.15, 0.2) is 30.5 Å².